The van der Waals surface area contributed by atoms with Crippen molar-refractivity contribution in [3.05, 3.63) is 59.2 Å². The molecule has 0 spiro atoms. The largest absolute Gasteiger partial charge is 0.326 e. The molecule has 0 aliphatic rings. The van der Waals surface area contributed by atoms with Gasteiger partial charge in [-0.15, -0.1) is 0 Å². The lowest BCUT2D eigenvalue weighted by atomic mass is 10.1. The van der Waals surface area contributed by atoms with Crippen LogP contribution in [0.5, 0.6) is 0 Å². The average molecular weight is 276 g/mol. The Morgan fingerprint density at radius 1 is 1.11 bits per heavy atom. The Morgan fingerprint density at radius 2 is 1.89 bits per heavy atom. The van der Waals surface area contributed by atoms with Gasteiger partial charge < -0.3 is 5.73 Å². The van der Waals surface area contributed by atoms with Gasteiger partial charge in [0, 0.05) is 11.4 Å². The van der Waals surface area contributed by atoms with E-state index in [4.69, 9.17) is 11.0 Å². The standard InChI is InChI=1S/C14H10F2N2S/c15-11-2-3-12(16)14(6-11)19-13-4-1-9(7-17)5-10(13)8-18/h1-6H,7,17H2. The first-order valence-electron chi connectivity index (χ1n) is 5.50. The quantitative estimate of drug-likeness (QED) is 0.934. The fourth-order valence-electron chi connectivity index (χ4n) is 1.55. The Kier molecular flexibility index (Phi) is 4.15. The van der Waals surface area contributed by atoms with Crippen molar-refractivity contribution in [1.82, 2.24) is 0 Å². The van der Waals surface area contributed by atoms with Gasteiger partial charge in [0.05, 0.1) is 10.5 Å². The molecule has 0 atom stereocenters. The fraction of sp³-hybridized carbons (Fsp3) is 0.0714. The van der Waals surface area contributed by atoms with Crippen molar-refractivity contribution in [3.8, 4) is 6.07 Å². The summed E-state index contributed by atoms with van der Waals surface area (Å²) in [5, 5.41) is 9.07. The zero-order valence-electron chi connectivity index (χ0n) is 9.86. The minimum Gasteiger partial charge on any atom is -0.326 e. The van der Waals surface area contributed by atoms with Crippen molar-refractivity contribution in [2.24, 2.45) is 5.73 Å². The first-order chi connectivity index (χ1) is 9.13. The Hall–Kier alpha value is -1.90. The van der Waals surface area contributed by atoms with E-state index in [1.54, 1.807) is 18.2 Å². The molecular weight excluding hydrogens is 266 g/mol. The van der Waals surface area contributed by atoms with Crippen LogP contribution in [0.4, 0.5) is 8.78 Å². The van der Waals surface area contributed by atoms with Gasteiger partial charge in [-0.2, -0.15) is 5.26 Å². The predicted octanol–water partition coefficient (Wildman–Crippen LogP) is 3.45. The van der Waals surface area contributed by atoms with Gasteiger partial charge >= 0.3 is 0 Å². The van der Waals surface area contributed by atoms with Crippen molar-refractivity contribution in [2.45, 2.75) is 16.3 Å². The lowest BCUT2D eigenvalue weighted by molar-refractivity contribution is 0.577. The summed E-state index contributed by atoms with van der Waals surface area (Å²) in [7, 11) is 0. The maximum absolute atomic E-state index is 13.5. The van der Waals surface area contributed by atoms with Gasteiger partial charge in [0.25, 0.3) is 0 Å². The van der Waals surface area contributed by atoms with Crippen molar-refractivity contribution in [3.63, 3.8) is 0 Å². The number of benzene rings is 2. The minimum atomic E-state index is -0.516. The maximum atomic E-state index is 13.5. The molecule has 0 radical (unpaired) electrons. The molecule has 0 aliphatic heterocycles. The van der Waals surface area contributed by atoms with E-state index < -0.39 is 11.6 Å². The van der Waals surface area contributed by atoms with E-state index in [9.17, 15) is 8.78 Å². The number of hydrogen-bond donors (Lipinski definition) is 1. The van der Waals surface area contributed by atoms with Crippen LogP contribution in [0, 0.1) is 23.0 Å². The molecule has 0 aromatic heterocycles. The number of nitrogens with zero attached hydrogens (tertiary/aromatic N) is 1. The van der Waals surface area contributed by atoms with Crippen LogP contribution >= 0.6 is 11.8 Å². The Morgan fingerprint density at radius 3 is 2.58 bits per heavy atom. The number of nitrogens with two attached hydrogens (primary N) is 1. The van der Waals surface area contributed by atoms with Gasteiger partial charge in [-0.3, -0.25) is 0 Å². The molecular formula is C14H10F2N2S. The molecule has 0 saturated heterocycles. The molecule has 19 heavy (non-hydrogen) atoms. The lowest BCUT2D eigenvalue weighted by Crippen LogP contribution is -1.97. The minimum absolute atomic E-state index is 0.150. The smallest absolute Gasteiger partial charge is 0.137 e. The van der Waals surface area contributed by atoms with E-state index in [2.05, 4.69) is 0 Å². The Bertz CT molecular complexity index is 650. The van der Waals surface area contributed by atoms with E-state index in [-0.39, 0.29) is 4.90 Å². The van der Waals surface area contributed by atoms with Crippen LogP contribution in [0.3, 0.4) is 0 Å². The van der Waals surface area contributed by atoms with Gasteiger partial charge in [-0.1, -0.05) is 17.8 Å². The molecule has 0 unspecified atom stereocenters. The van der Waals surface area contributed by atoms with Crippen LogP contribution in [0.15, 0.2) is 46.2 Å². The first kappa shape index (κ1) is 13.5. The highest BCUT2D eigenvalue weighted by atomic mass is 32.2. The van der Waals surface area contributed by atoms with Crippen molar-refractivity contribution in [2.75, 3.05) is 0 Å². The van der Waals surface area contributed by atoms with Crippen LogP contribution in [0.2, 0.25) is 0 Å². The normalized spacial score (nSPS) is 10.2. The summed E-state index contributed by atoms with van der Waals surface area (Å²) in [4.78, 5) is 0.723. The fourth-order valence-corrected chi connectivity index (χ4v) is 2.48. The SMILES string of the molecule is N#Cc1cc(CN)ccc1Sc1cc(F)ccc1F. The molecule has 2 aromatic carbocycles. The summed E-state index contributed by atoms with van der Waals surface area (Å²) >= 11 is 1.02. The molecule has 0 amide bonds. The highest BCUT2D eigenvalue weighted by Crippen LogP contribution is 2.32. The van der Waals surface area contributed by atoms with Gasteiger partial charge in [0.15, 0.2) is 0 Å². The summed E-state index contributed by atoms with van der Waals surface area (Å²) in [6.45, 7) is 0.327. The van der Waals surface area contributed by atoms with Gasteiger partial charge in [-0.05, 0) is 35.9 Å². The summed E-state index contributed by atoms with van der Waals surface area (Å²) < 4.78 is 26.6. The number of hydrogen-bond acceptors (Lipinski definition) is 3. The molecule has 2 rings (SSSR count). The lowest BCUT2D eigenvalue weighted by Gasteiger charge is -2.07. The van der Waals surface area contributed by atoms with Crippen molar-refractivity contribution in [1.29, 1.82) is 5.26 Å². The molecule has 0 bridgehead atoms. The first-order valence-corrected chi connectivity index (χ1v) is 6.31. The molecule has 2 aromatic rings. The van der Waals surface area contributed by atoms with Gasteiger partial charge in [0.2, 0.25) is 0 Å². The van der Waals surface area contributed by atoms with Gasteiger partial charge in [0.1, 0.15) is 17.7 Å². The second-order valence-corrected chi connectivity index (χ2v) is 4.91. The third kappa shape index (κ3) is 3.11. The highest BCUT2D eigenvalue weighted by molar-refractivity contribution is 7.99. The molecule has 0 saturated carbocycles. The number of nitriles is 1. The van der Waals surface area contributed by atoms with Crippen LogP contribution in [0.25, 0.3) is 0 Å². The van der Waals surface area contributed by atoms with E-state index >= 15 is 0 Å². The van der Waals surface area contributed by atoms with Crippen LogP contribution in [-0.4, -0.2) is 0 Å². The number of halogens is 2. The monoisotopic (exact) mass is 276 g/mol. The topological polar surface area (TPSA) is 49.8 Å². The Balaban J connectivity index is 2.38. The third-order valence-electron chi connectivity index (χ3n) is 2.51. The van der Waals surface area contributed by atoms with Crippen LogP contribution in [-0.2, 0) is 6.54 Å². The molecule has 96 valence electrons. The summed E-state index contributed by atoms with van der Waals surface area (Å²) in [5.41, 5.74) is 6.71. The van der Waals surface area contributed by atoms with E-state index in [0.29, 0.717) is 17.0 Å². The maximum Gasteiger partial charge on any atom is 0.137 e. The molecule has 0 heterocycles. The summed E-state index contributed by atoms with van der Waals surface area (Å²) in [5.74, 6) is -1.03. The third-order valence-corrected chi connectivity index (χ3v) is 3.62. The molecule has 0 aliphatic carbocycles. The molecule has 2 nitrogen and oxygen atoms in total. The average Bonchev–Trinajstić information content (AvgIpc) is 2.43. The van der Waals surface area contributed by atoms with Crippen molar-refractivity contribution >= 4 is 11.8 Å². The molecule has 5 heteroatoms. The molecule has 0 fully saturated rings. The highest BCUT2D eigenvalue weighted by Gasteiger charge is 2.10. The van der Waals surface area contributed by atoms with Gasteiger partial charge in [-0.25, -0.2) is 8.78 Å². The van der Waals surface area contributed by atoms with Crippen LogP contribution in [0.1, 0.15) is 11.1 Å². The second-order valence-electron chi connectivity index (χ2n) is 3.82. The van der Waals surface area contributed by atoms with E-state index in [1.807, 2.05) is 6.07 Å². The summed E-state index contributed by atoms with van der Waals surface area (Å²) in [6, 6.07) is 10.4. The van der Waals surface area contributed by atoms with Crippen molar-refractivity contribution < 1.29 is 8.78 Å². The molecule has 2 N–H and O–H groups in total. The Labute approximate surface area is 113 Å². The zero-order valence-corrected chi connectivity index (χ0v) is 10.7. The van der Waals surface area contributed by atoms with E-state index in [1.165, 1.54) is 0 Å². The summed E-state index contributed by atoms with van der Waals surface area (Å²) in [6.07, 6.45) is 0. The van der Waals surface area contributed by atoms with Crippen LogP contribution < -0.4 is 5.73 Å². The number of rotatable bonds is 3. The predicted molar refractivity (Wildman–Crippen MR) is 69.5 cm³/mol. The zero-order chi connectivity index (χ0) is 13.8. The van der Waals surface area contributed by atoms with E-state index in [0.717, 1.165) is 35.5 Å². The second kappa shape index (κ2) is 5.83.